The third-order valence-electron chi connectivity index (χ3n) is 5.64. The van der Waals surface area contributed by atoms with E-state index in [1.54, 1.807) is 6.92 Å². The average Bonchev–Trinajstić information content (AvgIpc) is 2.48. The maximum Gasteiger partial charge on any atom is 0.246 e. The zero-order chi connectivity index (χ0) is 24.3. The van der Waals surface area contributed by atoms with Crippen LogP contribution in [0.2, 0.25) is 0 Å². The molecule has 2 aliphatic heterocycles. The van der Waals surface area contributed by atoms with Crippen LogP contribution in [0.1, 0.15) is 88.0 Å². The monoisotopic (exact) mass is 434 g/mol. The standard InChI is InChI=1S/C13H24N2O.C12H22N2O/c1-9(2)11(16)14-10-7-12(3,4)15-13(5,6)8-10;1-6-10(15)13-9-7-11(2,3)14-12(4,5)8-9/h10,15H,1,7-8H2,2-6H3,(H,14,16);6,9,14H,1,7-8H2,2-5H3,(H,13,15). The molecule has 2 amide bonds. The molecular formula is C25H46N4O2. The molecule has 2 heterocycles. The molecule has 2 rings (SSSR count). The van der Waals surface area contributed by atoms with Gasteiger partial charge in [-0.1, -0.05) is 13.2 Å². The van der Waals surface area contributed by atoms with Gasteiger partial charge in [0, 0.05) is 39.8 Å². The van der Waals surface area contributed by atoms with E-state index in [4.69, 9.17) is 0 Å². The lowest BCUT2D eigenvalue weighted by Crippen LogP contribution is -2.62. The molecule has 0 radical (unpaired) electrons. The van der Waals surface area contributed by atoms with Crippen LogP contribution in [0.25, 0.3) is 0 Å². The Morgan fingerprint density at radius 3 is 1.39 bits per heavy atom. The molecule has 4 N–H and O–H groups in total. The molecule has 178 valence electrons. The second-order valence-corrected chi connectivity index (χ2v) is 12.0. The van der Waals surface area contributed by atoms with Gasteiger partial charge in [0.15, 0.2) is 0 Å². The van der Waals surface area contributed by atoms with Gasteiger partial charge in [0.05, 0.1) is 0 Å². The van der Waals surface area contributed by atoms with Crippen LogP contribution >= 0.6 is 0 Å². The fourth-order valence-corrected chi connectivity index (χ4v) is 5.42. The normalized spacial score (nSPS) is 24.2. The second-order valence-electron chi connectivity index (χ2n) is 12.0. The topological polar surface area (TPSA) is 82.3 Å². The van der Waals surface area contributed by atoms with E-state index in [2.05, 4.69) is 89.8 Å². The lowest BCUT2D eigenvalue weighted by Gasteiger charge is -2.46. The molecule has 0 spiro atoms. The van der Waals surface area contributed by atoms with Gasteiger partial charge in [0.2, 0.25) is 11.8 Å². The molecule has 6 heteroatoms. The van der Waals surface area contributed by atoms with Crippen molar-refractivity contribution in [2.45, 2.75) is 122 Å². The number of amides is 2. The van der Waals surface area contributed by atoms with Crippen LogP contribution in [0.4, 0.5) is 0 Å². The Morgan fingerprint density at radius 1 is 0.774 bits per heavy atom. The van der Waals surface area contributed by atoms with Crippen molar-refractivity contribution in [2.24, 2.45) is 0 Å². The molecular weight excluding hydrogens is 388 g/mol. The zero-order valence-corrected chi connectivity index (χ0v) is 21.3. The summed E-state index contributed by atoms with van der Waals surface area (Å²) in [5, 5.41) is 13.2. The first-order chi connectivity index (χ1) is 13.9. The average molecular weight is 435 g/mol. The highest BCUT2D eigenvalue weighted by atomic mass is 16.2. The Hall–Kier alpha value is -1.66. The maximum atomic E-state index is 11.6. The predicted octanol–water partition coefficient (Wildman–Crippen LogP) is 3.59. The maximum absolute atomic E-state index is 11.6. The van der Waals surface area contributed by atoms with Crippen LogP contribution in [0.3, 0.4) is 0 Å². The lowest BCUT2D eigenvalue weighted by atomic mass is 9.79. The minimum Gasteiger partial charge on any atom is -0.350 e. The molecule has 0 saturated carbocycles. The summed E-state index contributed by atoms with van der Waals surface area (Å²) in [6.45, 7) is 26.2. The number of carbonyl (C=O) groups is 2. The van der Waals surface area contributed by atoms with Crippen molar-refractivity contribution in [2.75, 3.05) is 0 Å². The summed E-state index contributed by atoms with van der Waals surface area (Å²) in [7, 11) is 0. The summed E-state index contributed by atoms with van der Waals surface area (Å²) in [6, 6.07) is 0.470. The Labute approximate surface area is 190 Å². The van der Waals surface area contributed by atoms with Crippen molar-refractivity contribution in [3.05, 3.63) is 24.8 Å². The van der Waals surface area contributed by atoms with Gasteiger partial charge in [-0.3, -0.25) is 9.59 Å². The number of nitrogens with one attached hydrogen (secondary N) is 4. The molecule has 0 bridgehead atoms. The number of hydrogen-bond donors (Lipinski definition) is 4. The molecule has 2 fully saturated rings. The van der Waals surface area contributed by atoms with Gasteiger partial charge in [-0.2, -0.15) is 0 Å². The highest BCUT2D eigenvalue weighted by Crippen LogP contribution is 2.29. The van der Waals surface area contributed by atoms with Crippen molar-refractivity contribution < 1.29 is 9.59 Å². The van der Waals surface area contributed by atoms with Gasteiger partial charge in [0.1, 0.15) is 0 Å². The van der Waals surface area contributed by atoms with Crippen LogP contribution in [-0.4, -0.2) is 46.1 Å². The first kappa shape index (κ1) is 27.4. The third-order valence-corrected chi connectivity index (χ3v) is 5.64. The summed E-state index contributed by atoms with van der Waals surface area (Å²) in [5.41, 5.74) is 0.847. The first-order valence-corrected chi connectivity index (χ1v) is 11.3. The van der Waals surface area contributed by atoms with E-state index < -0.39 is 0 Å². The van der Waals surface area contributed by atoms with Crippen LogP contribution < -0.4 is 21.3 Å². The molecule has 0 unspecified atom stereocenters. The van der Waals surface area contributed by atoms with Crippen LogP contribution in [0.5, 0.6) is 0 Å². The van der Waals surface area contributed by atoms with Gasteiger partial charge in [-0.25, -0.2) is 0 Å². The first-order valence-electron chi connectivity index (χ1n) is 11.3. The number of rotatable bonds is 4. The van der Waals surface area contributed by atoms with E-state index >= 15 is 0 Å². The summed E-state index contributed by atoms with van der Waals surface area (Å²) < 4.78 is 0. The highest BCUT2D eigenvalue weighted by Gasteiger charge is 2.39. The molecule has 0 aromatic carbocycles. The van der Waals surface area contributed by atoms with Crippen LogP contribution in [0, 0.1) is 0 Å². The third kappa shape index (κ3) is 10.0. The van der Waals surface area contributed by atoms with Crippen molar-refractivity contribution in [1.29, 1.82) is 0 Å². The summed E-state index contributed by atoms with van der Waals surface area (Å²) in [5.74, 6) is -0.105. The van der Waals surface area contributed by atoms with Crippen molar-refractivity contribution in [1.82, 2.24) is 21.3 Å². The van der Waals surface area contributed by atoms with E-state index in [-0.39, 0.29) is 46.1 Å². The summed E-state index contributed by atoms with van der Waals surface area (Å²) in [4.78, 5) is 22.9. The predicted molar refractivity (Wildman–Crippen MR) is 130 cm³/mol. The minimum atomic E-state index is -0.0755. The molecule has 0 atom stereocenters. The number of piperidine rings is 2. The summed E-state index contributed by atoms with van der Waals surface area (Å²) >= 11 is 0. The fourth-order valence-electron chi connectivity index (χ4n) is 5.42. The highest BCUT2D eigenvalue weighted by molar-refractivity contribution is 5.92. The molecule has 2 saturated heterocycles. The Kier molecular flexibility index (Phi) is 8.71. The Balaban J connectivity index is 0.000000311. The largest absolute Gasteiger partial charge is 0.350 e. The molecule has 0 aromatic rings. The molecule has 31 heavy (non-hydrogen) atoms. The molecule has 0 aromatic heterocycles. The minimum absolute atomic E-state index is 0.0292. The molecule has 6 nitrogen and oxygen atoms in total. The Bertz CT molecular complexity index is 660. The second kappa shape index (κ2) is 9.86. The SMILES string of the molecule is C=C(C)C(=O)NC1CC(C)(C)NC(C)(C)C1.C=CC(=O)NC1CC(C)(C)NC(C)(C)C1. The fraction of sp³-hybridized carbons (Fsp3) is 0.760. The van der Waals surface area contributed by atoms with Crippen molar-refractivity contribution in [3.63, 3.8) is 0 Å². The summed E-state index contributed by atoms with van der Waals surface area (Å²) in [6.07, 6.45) is 5.15. The van der Waals surface area contributed by atoms with Gasteiger partial charge < -0.3 is 21.3 Å². The number of hydrogen-bond acceptors (Lipinski definition) is 4. The van der Waals surface area contributed by atoms with Gasteiger partial charge >= 0.3 is 0 Å². The molecule has 2 aliphatic rings. The molecule has 0 aliphatic carbocycles. The van der Waals surface area contributed by atoms with E-state index in [1.165, 1.54) is 6.08 Å². The van der Waals surface area contributed by atoms with Crippen molar-refractivity contribution in [3.8, 4) is 0 Å². The van der Waals surface area contributed by atoms with E-state index in [9.17, 15) is 9.59 Å². The Morgan fingerprint density at radius 2 is 1.10 bits per heavy atom. The van der Waals surface area contributed by atoms with E-state index in [1.807, 2.05) is 0 Å². The van der Waals surface area contributed by atoms with Gasteiger partial charge in [0.25, 0.3) is 0 Å². The smallest absolute Gasteiger partial charge is 0.246 e. The van der Waals surface area contributed by atoms with Gasteiger partial charge in [-0.15, -0.1) is 0 Å². The zero-order valence-electron chi connectivity index (χ0n) is 21.3. The van der Waals surface area contributed by atoms with E-state index in [0.717, 1.165) is 25.7 Å². The van der Waals surface area contributed by atoms with E-state index in [0.29, 0.717) is 5.57 Å². The van der Waals surface area contributed by atoms with Crippen LogP contribution in [-0.2, 0) is 9.59 Å². The van der Waals surface area contributed by atoms with Crippen LogP contribution in [0.15, 0.2) is 24.8 Å². The van der Waals surface area contributed by atoms with Gasteiger partial charge in [-0.05, 0) is 94.1 Å². The number of carbonyl (C=O) groups excluding carboxylic acids is 2. The quantitative estimate of drug-likeness (QED) is 0.510. The lowest BCUT2D eigenvalue weighted by molar-refractivity contribution is -0.119. The van der Waals surface area contributed by atoms with Crippen molar-refractivity contribution >= 4 is 11.8 Å².